The molecule has 0 aliphatic rings. The van der Waals surface area contributed by atoms with E-state index in [1.165, 1.54) is 6.07 Å². The molecule has 1 amide bonds. The second kappa shape index (κ2) is 6.00. The molecular formula is C17H10N4O4. The van der Waals surface area contributed by atoms with E-state index in [1.807, 2.05) is 0 Å². The van der Waals surface area contributed by atoms with Crippen molar-refractivity contribution in [1.29, 1.82) is 0 Å². The number of benzene rings is 1. The van der Waals surface area contributed by atoms with Crippen molar-refractivity contribution in [2.24, 2.45) is 0 Å². The molecule has 1 aromatic carbocycles. The molecule has 4 aromatic rings. The van der Waals surface area contributed by atoms with E-state index >= 15 is 0 Å². The topological polar surface area (TPSA) is 111 Å². The lowest BCUT2D eigenvalue weighted by Gasteiger charge is -2.01. The van der Waals surface area contributed by atoms with Crippen molar-refractivity contribution in [2.75, 3.05) is 5.32 Å². The number of para-hydroxylation sites is 1. The first-order chi connectivity index (χ1) is 12.2. The van der Waals surface area contributed by atoms with Crippen LogP contribution >= 0.6 is 0 Å². The highest BCUT2D eigenvalue weighted by molar-refractivity contribution is 6.04. The number of amides is 1. The monoisotopic (exact) mass is 334 g/mol. The van der Waals surface area contributed by atoms with Gasteiger partial charge in [-0.15, -0.1) is 5.10 Å². The van der Waals surface area contributed by atoms with Gasteiger partial charge in [0.15, 0.2) is 0 Å². The summed E-state index contributed by atoms with van der Waals surface area (Å²) >= 11 is 0. The van der Waals surface area contributed by atoms with E-state index in [2.05, 4.69) is 20.5 Å². The Morgan fingerprint density at radius 3 is 2.76 bits per heavy atom. The second-order valence-corrected chi connectivity index (χ2v) is 5.09. The van der Waals surface area contributed by atoms with Gasteiger partial charge in [-0.2, -0.15) is 0 Å². The predicted octanol–water partition coefficient (Wildman–Crippen LogP) is 2.49. The van der Waals surface area contributed by atoms with Crippen molar-refractivity contribution in [2.45, 2.75) is 0 Å². The normalized spacial score (nSPS) is 10.7. The van der Waals surface area contributed by atoms with Crippen LogP contribution in [-0.2, 0) is 0 Å². The maximum Gasteiger partial charge on any atom is 0.349 e. The molecule has 1 N–H and O–H groups in total. The zero-order chi connectivity index (χ0) is 17.2. The van der Waals surface area contributed by atoms with Crippen LogP contribution < -0.4 is 10.9 Å². The van der Waals surface area contributed by atoms with Crippen LogP contribution in [0.5, 0.6) is 0 Å². The number of carbonyl (C=O) groups is 1. The fourth-order valence-electron chi connectivity index (χ4n) is 2.26. The van der Waals surface area contributed by atoms with E-state index in [1.54, 1.807) is 48.8 Å². The Labute approximate surface area is 140 Å². The van der Waals surface area contributed by atoms with E-state index < -0.39 is 11.5 Å². The van der Waals surface area contributed by atoms with Crippen LogP contribution in [0.15, 0.2) is 68.5 Å². The van der Waals surface area contributed by atoms with E-state index in [4.69, 9.17) is 8.83 Å². The van der Waals surface area contributed by atoms with Gasteiger partial charge >= 0.3 is 11.6 Å². The first kappa shape index (κ1) is 14.8. The number of nitrogens with one attached hydrogen (secondary N) is 1. The molecule has 0 spiro atoms. The molecule has 0 bridgehead atoms. The van der Waals surface area contributed by atoms with E-state index in [9.17, 15) is 9.59 Å². The minimum atomic E-state index is -0.747. The van der Waals surface area contributed by atoms with Gasteiger partial charge in [0.25, 0.3) is 11.8 Å². The molecule has 0 atom stereocenters. The van der Waals surface area contributed by atoms with Crippen molar-refractivity contribution in [3.05, 3.63) is 70.8 Å². The highest BCUT2D eigenvalue weighted by atomic mass is 16.4. The molecule has 8 heteroatoms. The minimum Gasteiger partial charge on any atom is -0.422 e. The Morgan fingerprint density at radius 1 is 1.04 bits per heavy atom. The SMILES string of the molecule is O=C(Nc1nnc(-c2cccnc2)o1)c1cc2ccccc2oc1=O. The summed E-state index contributed by atoms with van der Waals surface area (Å²) in [5.41, 5.74) is 0.115. The third-order valence-electron chi connectivity index (χ3n) is 3.44. The van der Waals surface area contributed by atoms with Gasteiger partial charge in [0, 0.05) is 17.8 Å². The maximum atomic E-state index is 12.3. The van der Waals surface area contributed by atoms with Crippen molar-refractivity contribution < 1.29 is 13.6 Å². The molecule has 0 aliphatic heterocycles. The van der Waals surface area contributed by atoms with Crippen molar-refractivity contribution >= 4 is 22.9 Å². The second-order valence-electron chi connectivity index (χ2n) is 5.09. The molecule has 0 aliphatic carbocycles. The number of nitrogens with zero attached hydrogens (tertiary/aromatic N) is 3. The van der Waals surface area contributed by atoms with Crippen LogP contribution in [-0.4, -0.2) is 21.1 Å². The molecule has 0 unspecified atom stereocenters. The summed E-state index contributed by atoms with van der Waals surface area (Å²) in [6.07, 6.45) is 3.17. The Morgan fingerprint density at radius 2 is 1.92 bits per heavy atom. The Kier molecular flexibility index (Phi) is 3.55. The number of pyridine rings is 1. The highest BCUT2D eigenvalue weighted by Gasteiger charge is 2.17. The van der Waals surface area contributed by atoms with Crippen LogP contribution in [0.2, 0.25) is 0 Å². The fourth-order valence-corrected chi connectivity index (χ4v) is 2.26. The molecule has 122 valence electrons. The summed E-state index contributed by atoms with van der Waals surface area (Å²) in [5.74, 6) is -0.491. The number of carbonyl (C=O) groups excluding carboxylic acids is 1. The zero-order valence-electron chi connectivity index (χ0n) is 12.7. The van der Waals surface area contributed by atoms with Gasteiger partial charge in [-0.1, -0.05) is 23.3 Å². The zero-order valence-corrected chi connectivity index (χ0v) is 12.7. The van der Waals surface area contributed by atoms with Crippen molar-refractivity contribution in [3.8, 4) is 11.5 Å². The quantitative estimate of drug-likeness (QED) is 0.573. The highest BCUT2D eigenvalue weighted by Crippen LogP contribution is 2.19. The van der Waals surface area contributed by atoms with Gasteiger partial charge in [-0.3, -0.25) is 15.1 Å². The van der Waals surface area contributed by atoms with Gasteiger partial charge in [0.2, 0.25) is 0 Å². The number of aromatic nitrogens is 3. The Hall–Kier alpha value is -3.81. The standard InChI is InChI=1S/C17H10N4O4/c22-14(12-8-10-4-1-2-6-13(10)24-16(12)23)19-17-21-20-15(25-17)11-5-3-7-18-9-11/h1-9H,(H,19,21,22). The summed E-state index contributed by atoms with van der Waals surface area (Å²) < 4.78 is 10.5. The Bertz CT molecular complexity index is 1120. The number of anilines is 1. The third kappa shape index (κ3) is 2.88. The largest absolute Gasteiger partial charge is 0.422 e. The molecule has 0 saturated carbocycles. The number of rotatable bonds is 3. The first-order valence-electron chi connectivity index (χ1n) is 7.29. The number of hydrogen-bond donors (Lipinski definition) is 1. The average Bonchev–Trinajstić information content (AvgIpc) is 3.10. The van der Waals surface area contributed by atoms with Crippen LogP contribution in [0.1, 0.15) is 10.4 Å². The predicted molar refractivity (Wildman–Crippen MR) is 88.0 cm³/mol. The molecule has 8 nitrogen and oxygen atoms in total. The first-order valence-corrected chi connectivity index (χ1v) is 7.29. The van der Waals surface area contributed by atoms with E-state index in [-0.39, 0.29) is 17.5 Å². The third-order valence-corrected chi connectivity index (χ3v) is 3.44. The lowest BCUT2D eigenvalue weighted by atomic mass is 10.2. The van der Waals surface area contributed by atoms with Crippen LogP contribution in [0, 0.1) is 0 Å². The molecule has 25 heavy (non-hydrogen) atoms. The van der Waals surface area contributed by atoms with Crippen LogP contribution in [0.3, 0.4) is 0 Å². The minimum absolute atomic E-state index is 0.128. The smallest absolute Gasteiger partial charge is 0.349 e. The van der Waals surface area contributed by atoms with Crippen LogP contribution in [0.4, 0.5) is 6.01 Å². The molecule has 0 fully saturated rings. The van der Waals surface area contributed by atoms with E-state index in [0.29, 0.717) is 16.5 Å². The summed E-state index contributed by atoms with van der Waals surface area (Å²) in [5, 5.41) is 10.6. The summed E-state index contributed by atoms with van der Waals surface area (Å²) in [6, 6.07) is 11.7. The lowest BCUT2D eigenvalue weighted by molar-refractivity contribution is 0.102. The lowest BCUT2D eigenvalue weighted by Crippen LogP contribution is -2.20. The fraction of sp³-hybridized carbons (Fsp3) is 0. The van der Waals surface area contributed by atoms with E-state index in [0.717, 1.165) is 0 Å². The van der Waals surface area contributed by atoms with Crippen molar-refractivity contribution in [1.82, 2.24) is 15.2 Å². The molecule has 3 heterocycles. The molecular weight excluding hydrogens is 324 g/mol. The van der Waals surface area contributed by atoms with Gasteiger partial charge in [0.1, 0.15) is 11.1 Å². The molecule has 4 rings (SSSR count). The maximum absolute atomic E-state index is 12.3. The van der Waals surface area contributed by atoms with Crippen LogP contribution in [0.25, 0.3) is 22.4 Å². The number of hydrogen-bond acceptors (Lipinski definition) is 7. The average molecular weight is 334 g/mol. The number of fused-ring (bicyclic) bond motifs is 1. The van der Waals surface area contributed by atoms with Gasteiger partial charge in [-0.05, 0) is 24.3 Å². The molecule has 3 aromatic heterocycles. The summed E-state index contributed by atoms with van der Waals surface area (Å²) in [6.45, 7) is 0. The van der Waals surface area contributed by atoms with Gasteiger partial charge in [-0.25, -0.2) is 4.79 Å². The van der Waals surface area contributed by atoms with Crippen molar-refractivity contribution in [3.63, 3.8) is 0 Å². The van der Waals surface area contributed by atoms with Gasteiger partial charge in [0.05, 0.1) is 5.56 Å². The van der Waals surface area contributed by atoms with Gasteiger partial charge < -0.3 is 8.83 Å². The molecule has 0 saturated heterocycles. The molecule has 0 radical (unpaired) electrons. The summed E-state index contributed by atoms with van der Waals surface area (Å²) in [4.78, 5) is 28.3. The summed E-state index contributed by atoms with van der Waals surface area (Å²) in [7, 11) is 0. The Balaban J connectivity index is 1.61.